The lowest BCUT2D eigenvalue weighted by Crippen LogP contribution is -2.29. The van der Waals surface area contributed by atoms with Gasteiger partial charge in [-0.25, -0.2) is 4.39 Å². The molecule has 0 saturated heterocycles. The van der Waals surface area contributed by atoms with Crippen molar-refractivity contribution in [2.45, 2.75) is 25.4 Å². The zero-order valence-corrected chi connectivity index (χ0v) is 11.1. The minimum absolute atomic E-state index is 0.351. The molecule has 1 aliphatic rings. The number of halogens is 1. The lowest BCUT2D eigenvalue weighted by Gasteiger charge is -2.12. The van der Waals surface area contributed by atoms with Gasteiger partial charge in [0.15, 0.2) is 0 Å². The lowest BCUT2D eigenvalue weighted by molar-refractivity contribution is 0.530. The van der Waals surface area contributed by atoms with Crippen molar-refractivity contribution in [3.05, 3.63) is 70.5 Å². The van der Waals surface area contributed by atoms with Crippen LogP contribution in [0.3, 0.4) is 0 Å². The van der Waals surface area contributed by atoms with Crippen molar-refractivity contribution in [3.8, 4) is 6.07 Å². The Hall–Kier alpha value is -2.18. The first kappa shape index (κ1) is 12.8. The van der Waals surface area contributed by atoms with Gasteiger partial charge in [0, 0.05) is 12.6 Å². The smallest absolute Gasteiger partial charge is 0.124 e. The van der Waals surface area contributed by atoms with Gasteiger partial charge in [-0.15, -0.1) is 0 Å². The van der Waals surface area contributed by atoms with Gasteiger partial charge in [0.05, 0.1) is 11.6 Å². The maximum Gasteiger partial charge on any atom is 0.124 e. The van der Waals surface area contributed by atoms with Crippen LogP contribution < -0.4 is 5.32 Å². The van der Waals surface area contributed by atoms with Crippen molar-refractivity contribution in [2.75, 3.05) is 0 Å². The average molecular weight is 266 g/mol. The molecule has 0 amide bonds. The zero-order chi connectivity index (χ0) is 13.9. The number of nitrogens with one attached hydrogen (secondary N) is 1. The minimum atomic E-state index is -0.351. The van der Waals surface area contributed by atoms with Crippen molar-refractivity contribution in [2.24, 2.45) is 0 Å². The van der Waals surface area contributed by atoms with Crippen LogP contribution in [-0.4, -0.2) is 6.04 Å². The molecule has 0 fully saturated rings. The third-order valence-corrected chi connectivity index (χ3v) is 3.73. The van der Waals surface area contributed by atoms with Crippen LogP contribution in [0.25, 0.3) is 0 Å². The van der Waals surface area contributed by atoms with Gasteiger partial charge in [-0.3, -0.25) is 0 Å². The summed E-state index contributed by atoms with van der Waals surface area (Å²) in [5, 5.41) is 12.3. The second-order valence-electron chi connectivity index (χ2n) is 5.21. The van der Waals surface area contributed by atoms with E-state index in [1.807, 2.05) is 6.07 Å². The average Bonchev–Trinajstić information content (AvgIpc) is 2.87. The molecule has 0 unspecified atom stereocenters. The van der Waals surface area contributed by atoms with E-state index >= 15 is 0 Å². The monoisotopic (exact) mass is 266 g/mol. The fraction of sp³-hybridized carbons (Fsp3) is 0.235. The van der Waals surface area contributed by atoms with Crippen LogP contribution >= 0.6 is 0 Å². The van der Waals surface area contributed by atoms with Gasteiger partial charge in [0.1, 0.15) is 5.82 Å². The molecule has 20 heavy (non-hydrogen) atoms. The van der Waals surface area contributed by atoms with Crippen LogP contribution in [0.5, 0.6) is 0 Å². The summed E-state index contributed by atoms with van der Waals surface area (Å²) < 4.78 is 13.4. The predicted octanol–water partition coefficient (Wildman–Crippen LogP) is 2.95. The standard InChI is InChI=1S/C17H15FN2/c18-16-6-12(10-19)5-13(7-16)11-20-17-8-14-3-1-2-4-15(14)9-17/h1-7,17,20H,8-9,11H2. The summed E-state index contributed by atoms with van der Waals surface area (Å²) in [6.07, 6.45) is 2.02. The maximum atomic E-state index is 13.4. The number of nitrogens with zero attached hydrogens (tertiary/aromatic N) is 1. The van der Waals surface area contributed by atoms with Crippen molar-refractivity contribution in [1.82, 2.24) is 5.32 Å². The molecule has 3 heteroatoms. The molecule has 0 atom stereocenters. The van der Waals surface area contributed by atoms with Gasteiger partial charge in [0.25, 0.3) is 0 Å². The first-order valence-electron chi connectivity index (χ1n) is 6.74. The molecule has 2 aromatic carbocycles. The van der Waals surface area contributed by atoms with E-state index in [9.17, 15) is 4.39 Å². The van der Waals surface area contributed by atoms with Gasteiger partial charge < -0.3 is 5.32 Å². The topological polar surface area (TPSA) is 35.8 Å². The van der Waals surface area contributed by atoms with E-state index in [0.717, 1.165) is 18.4 Å². The van der Waals surface area contributed by atoms with Crippen molar-refractivity contribution in [3.63, 3.8) is 0 Å². The first-order valence-corrected chi connectivity index (χ1v) is 6.74. The SMILES string of the molecule is N#Cc1cc(F)cc(CNC2Cc3ccccc3C2)c1. The normalized spacial score (nSPS) is 14.0. The van der Waals surface area contributed by atoms with Crippen molar-refractivity contribution < 1.29 is 4.39 Å². The molecule has 100 valence electrons. The molecule has 1 N–H and O–H groups in total. The van der Waals surface area contributed by atoms with Crippen LogP contribution in [0.2, 0.25) is 0 Å². The van der Waals surface area contributed by atoms with E-state index in [-0.39, 0.29) is 5.82 Å². The Bertz CT molecular complexity index is 648. The summed E-state index contributed by atoms with van der Waals surface area (Å²) >= 11 is 0. The van der Waals surface area contributed by atoms with Gasteiger partial charge in [-0.05, 0) is 47.7 Å². The Balaban J connectivity index is 1.64. The molecule has 0 bridgehead atoms. The maximum absolute atomic E-state index is 13.4. The van der Waals surface area contributed by atoms with Gasteiger partial charge in [0.2, 0.25) is 0 Å². The molecule has 0 aromatic heterocycles. The fourth-order valence-electron chi connectivity index (χ4n) is 2.78. The van der Waals surface area contributed by atoms with E-state index in [1.165, 1.54) is 23.3 Å². The summed E-state index contributed by atoms with van der Waals surface area (Å²) in [4.78, 5) is 0. The molecule has 1 aliphatic carbocycles. The molecule has 2 aromatic rings. The minimum Gasteiger partial charge on any atom is -0.309 e. The highest BCUT2D eigenvalue weighted by molar-refractivity contribution is 5.35. The highest BCUT2D eigenvalue weighted by Crippen LogP contribution is 2.22. The van der Waals surface area contributed by atoms with Crippen LogP contribution in [0.4, 0.5) is 4.39 Å². The van der Waals surface area contributed by atoms with Crippen LogP contribution in [-0.2, 0) is 19.4 Å². The van der Waals surface area contributed by atoms with Crippen LogP contribution in [0.15, 0.2) is 42.5 Å². The summed E-state index contributed by atoms with van der Waals surface area (Å²) in [5.74, 6) is -0.351. The molecule has 0 spiro atoms. The Labute approximate surface area is 117 Å². The zero-order valence-electron chi connectivity index (χ0n) is 11.1. The van der Waals surface area contributed by atoms with Crippen LogP contribution in [0.1, 0.15) is 22.3 Å². The fourth-order valence-corrected chi connectivity index (χ4v) is 2.78. The van der Waals surface area contributed by atoms with Gasteiger partial charge in [-0.1, -0.05) is 24.3 Å². The Morgan fingerprint density at radius 3 is 2.50 bits per heavy atom. The Morgan fingerprint density at radius 2 is 1.85 bits per heavy atom. The summed E-state index contributed by atoms with van der Waals surface area (Å²) in [7, 11) is 0. The number of nitriles is 1. The van der Waals surface area contributed by atoms with E-state index in [1.54, 1.807) is 6.07 Å². The molecular formula is C17H15FN2. The van der Waals surface area contributed by atoms with Crippen molar-refractivity contribution >= 4 is 0 Å². The second-order valence-corrected chi connectivity index (χ2v) is 5.21. The van der Waals surface area contributed by atoms with E-state index in [4.69, 9.17) is 5.26 Å². The third kappa shape index (κ3) is 2.71. The van der Waals surface area contributed by atoms with Crippen molar-refractivity contribution in [1.29, 1.82) is 5.26 Å². The molecule has 0 aliphatic heterocycles. The summed E-state index contributed by atoms with van der Waals surface area (Å²) in [6, 6.07) is 15.3. The number of benzene rings is 2. The molecule has 2 nitrogen and oxygen atoms in total. The Morgan fingerprint density at radius 1 is 1.15 bits per heavy atom. The van der Waals surface area contributed by atoms with E-state index in [0.29, 0.717) is 18.2 Å². The molecule has 3 rings (SSSR count). The summed E-state index contributed by atoms with van der Waals surface area (Å²) in [6.45, 7) is 0.588. The predicted molar refractivity (Wildman–Crippen MR) is 75.6 cm³/mol. The van der Waals surface area contributed by atoms with Gasteiger partial charge >= 0.3 is 0 Å². The molecule has 0 heterocycles. The molecular weight excluding hydrogens is 251 g/mol. The van der Waals surface area contributed by atoms with Crippen LogP contribution in [0, 0.1) is 17.1 Å². The van der Waals surface area contributed by atoms with E-state index in [2.05, 4.69) is 29.6 Å². The molecule has 0 radical (unpaired) electrons. The lowest BCUT2D eigenvalue weighted by atomic mass is 10.1. The molecule has 0 saturated carbocycles. The number of hydrogen-bond donors (Lipinski definition) is 1. The number of rotatable bonds is 3. The highest BCUT2D eigenvalue weighted by atomic mass is 19.1. The van der Waals surface area contributed by atoms with Gasteiger partial charge in [-0.2, -0.15) is 5.26 Å². The third-order valence-electron chi connectivity index (χ3n) is 3.73. The van der Waals surface area contributed by atoms with E-state index < -0.39 is 0 Å². The number of hydrogen-bond acceptors (Lipinski definition) is 2. The quantitative estimate of drug-likeness (QED) is 0.927. The highest BCUT2D eigenvalue weighted by Gasteiger charge is 2.20. The number of fused-ring (bicyclic) bond motifs is 1. The second kappa shape index (κ2) is 5.44. The Kier molecular flexibility index (Phi) is 3.49. The summed E-state index contributed by atoms with van der Waals surface area (Å²) in [5.41, 5.74) is 3.97. The largest absolute Gasteiger partial charge is 0.309 e. The first-order chi connectivity index (χ1) is 9.74.